The highest BCUT2D eigenvalue weighted by atomic mass is 19.3. The van der Waals surface area contributed by atoms with E-state index in [0.29, 0.717) is 6.54 Å². The van der Waals surface area contributed by atoms with Gasteiger partial charge in [0.15, 0.2) is 6.61 Å². The van der Waals surface area contributed by atoms with Gasteiger partial charge >= 0.3 is 12.3 Å². The second-order valence-electron chi connectivity index (χ2n) is 5.25. The molecule has 128 valence electrons. The van der Waals surface area contributed by atoms with Crippen molar-refractivity contribution in [2.24, 2.45) is 0 Å². The highest BCUT2D eigenvalue weighted by Crippen LogP contribution is 2.23. The van der Waals surface area contributed by atoms with Crippen LogP contribution in [0.3, 0.4) is 0 Å². The fraction of sp³-hybridized carbons (Fsp3) is 0.571. The Morgan fingerprint density at radius 3 is 2.83 bits per heavy atom. The average molecular weight is 335 g/mol. The molecular weight excluding hydrogens is 318 g/mol. The second-order valence-corrected chi connectivity index (χ2v) is 5.25. The van der Waals surface area contributed by atoms with E-state index in [1.54, 1.807) is 0 Å². The first-order valence-corrected chi connectivity index (χ1v) is 7.15. The van der Waals surface area contributed by atoms with Gasteiger partial charge < -0.3 is 15.4 Å². The number of alkyl halides is 4. The molecule has 2 rings (SSSR count). The number of aromatic nitrogens is 1. The summed E-state index contributed by atoms with van der Waals surface area (Å²) in [5, 5.41) is 5.98. The smallest absolute Gasteiger partial charge is 0.340 e. The highest BCUT2D eigenvalue weighted by Gasteiger charge is 2.41. The summed E-state index contributed by atoms with van der Waals surface area (Å²) in [5.74, 6) is -4.83. The van der Waals surface area contributed by atoms with Gasteiger partial charge in [0.1, 0.15) is 0 Å². The third kappa shape index (κ3) is 5.05. The first-order valence-electron chi connectivity index (χ1n) is 7.15. The van der Waals surface area contributed by atoms with E-state index in [-0.39, 0.29) is 23.4 Å². The molecule has 1 fully saturated rings. The Kier molecular flexibility index (Phi) is 5.75. The number of piperidine rings is 1. The lowest BCUT2D eigenvalue weighted by Crippen LogP contribution is -2.45. The van der Waals surface area contributed by atoms with Crippen LogP contribution in [-0.2, 0) is 0 Å². The van der Waals surface area contributed by atoms with Gasteiger partial charge in [-0.2, -0.15) is 8.78 Å². The Hall–Kier alpha value is -1.90. The van der Waals surface area contributed by atoms with Crippen molar-refractivity contribution >= 4 is 5.91 Å². The van der Waals surface area contributed by atoms with Crippen LogP contribution in [0.15, 0.2) is 18.3 Å². The zero-order valence-corrected chi connectivity index (χ0v) is 12.2. The third-order valence-electron chi connectivity index (χ3n) is 3.36. The van der Waals surface area contributed by atoms with Gasteiger partial charge in [0, 0.05) is 24.8 Å². The van der Waals surface area contributed by atoms with E-state index < -0.39 is 19.0 Å². The van der Waals surface area contributed by atoms with Crippen LogP contribution in [0.4, 0.5) is 17.6 Å². The van der Waals surface area contributed by atoms with Gasteiger partial charge in [-0.25, -0.2) is 13.8 Å². The number of nitrogens with zero attached hydrogens (tertiary/aromatic N) is 1. The van der Waals surface area contributed by atoms with Gasteiger partial charge in [-0.1, -0.05) is 0 Å². The Bertz CT molecular complexity index is 519. The van der Waals surface area contributed by atoms with Crippen LogP contribution >= 0.6 is 0 Å². The molecule has 0 aromatic carbocycles. The minimum absolute atomic E-state index is 0.0249. The molecule has 0 bridgehead atoms. The molecule has 1 saturated heterocycles. The molecule has 1 aromatic heterocycles. The predicted octanol–water partition coefficient (Wildman–Crippen LogP) is 1.84. The summed E-state index contributed by atoms with van der Waals surface area (Å²) in [7, 11) is 0. The predicted molar refractivity (Wildman–Crippen MR) is 74.0 cm³/mol. The van der Waals surface area contributed by atoms with E-state index in [4.69, 9.17) is 0 Å². The summed E-state index contributed by atoms with van der Waals surface area (Å²) in [6, 6.07) is 2.56. The summed E-state index contributed by atoms with van der Waals surface area (Å²) in [6.07, 6.45) is -0.817. The van der Waals surface area contributed by atoms with Crippen molar-refractivity contribution in [1.82, 2.24) is 15.6 Å². The number of ether oxygens (including phenoxy) is 1. The summed E-state index contributed by atoms with van der Waals surface area (Å²) in [4.78, 5) is 15.7. The number of nitrogens with one attached hydrogen (secondary N) is 2. The fourth-order valence-corrected chi connectivity index (χ4v) is 2.08. The number of pyridine rings is 1. The molecular formula is C14H17F4N3O2. The molecule has 1 aliphatic heterocycles. The number of hydrogen-bond acceptors (Lipinski definition) is 4. The molecule has 0 spiro atoms. The lowest BCUT2D eigenvalue weighted by molar-refractivity contribution is -0.148. The largest absolute Gasteiger partial charge is 0.471 e. The minimum Gasteiger partial charge on any atom is -0.471 e. The van der Waals surface area contributed by atoms with Gasteiger partial charge in [-0.05, 0) is 25.5 Å². The van der Waals surface area contributed by atoms with Crippen LogP contribution in [0, 0.1) is 0 Å². The molecule has 2 N–H and O–H groups in total. The zero-order valence-electron chi connectivity index (χ0n) is 12.2. The number of carbonyl (C=O) groups excluding carboxylic acids is 1. The summed E-state index contributed by atoms with van der Waals surface area (Å²) in [5.41, 5.74) is 0.239. The molecule has 9 heteroatoms. The lowest BCUT2D eigenvalue weighted by atomic mass is 10.1. The molecule has 23 heavy (non-hydrogen) atoms. The maximum absolute atomic E-state index is 12.7. The van der Waals surface area contributed by atoms with Gasteiger partial charge in [0.25, 0.3) is 5.91 Å². The quantitative estimate of drug-likeness (QED) is 0.779. The van der Waals surface area contributed by atoms with Crippen LogP contribution in [0.2, 0.25) is 0 Å². The molecule has 0 radical (unpaired) electrons. The van der Waals surface area contributed by atoms with Crippen molar-refractivity contribution in [3.63, 3.8) is 0 Å². The molecule has 1 aromatic rings. The fourth-order valence-electron chi connectivity index (χ4n) is 2.08. The zero-order chi connectivity index (χ0) is 16.9. The Labute approximate surface area is 130 Å². The van der Waals surface area contributed by atoms with Crippen molar-refractivity contribution in [3.8, 4) is 5.88 Å². The molecule has 0 saturated carbocycles. The number of hydrogen-bond donors (Lipinski definition) is 2. The van der Waals surface area contributed by atoms with E-state index in [2.05, 4.69) is 20.4 Å². The monoisotopic (exact) mass is 335 g/mol. The topological polar surface area (TPSA) is 63.2 Å². The Morgan fingerprint density at radius 1 is 1.48 bits per heavy atom. The van der Waals surface area contributed by atoms with Crippen molar-refractivity contribution in [2.45, 2.75) is 31.2 Å². The van der Waals surface area contributed by atoms with Crippen LogP contribution in [0.1, 0.15) is 23.2 Å². The van der Waals surface area contributed by atoms with Crippen LogP contribution in [-0.4, -0.2) is 49.0 Å². The summed E-state index contributed by atoms with van der Waals surface area (Å²) >= 11 is 0. The third-order valence-corrected chi connectivity index (χ3v) is 3.36. The van der Waals surface area contributed by atoms with Gasteiger partial charge in [0.2, 0.25) is 5.88 Å². The van der Waals surface area contributed by atoms with Crippen molar-refractivity contribution in [3.05, 3.63) is 23.9 Å². The van der Waals surface area contributed by atoms with Crippen molar-refractivity contribution < 1.29 is 27.1 Å². The van der Waals surface area contributed by atoms with Gasteiger partial charge in [-0.15, -0.1) is 0 Å². The minimum atomic E-state index is -4.24. The Morgan fingerprint density at radius 2 is 2.26 bits per heavy atom. The normalized spacial score (nSPS) is 18.7. The van der Waals surface area contributed by atoms with E-state index in [0.717, 1.165) is 25.6 Å². The first-order chi connectivity index (χ1) is 10.9. The molecule has 1 unspecified atom stereocenters. The second kappa shape index (κ2) is 7.58. The van der Waals surface area contributed by atoms with Gasteiger partial charge in [0.05, 0.1) is 5.56 Å². The summed E-state index contributed by atoms with van der Waals surface area (Å²) < 4.78 is 54.0. The number of carbonyl (C=O) groups is 1. The molecule has 1 amide bonds. The maximum atomic E-state index is 12.7. The average Bonchev–Trinajstić information content (AvgIpc) is 2.54. The summed E-state index contributed by atoms with van der Waals surface area (Å²) in [6.45, 7) is 0.128. The lowest BCUT2D eigenvalue weighted by Gasteiger charge is -2.23. The van der Waals surface area contributed by atoms with Crippen LogP contribution in [0.25, 0.3) is 0 Å². The standard InChI is InChI=1S/C14H17F4N3O2/c15-13(16)14(17,18)8-23-11-4-3-9(6-20-11)12(22)21-10-2-1-5-19-7-10/h3-4,6,10,13,19H,1-2,5,7-8H2,(H,21,22). The van der Waals surface area contributed by atoms with E-state index in [1.807, 2.05) is 0 Å². The van der Waals surface area contributed by atoms with Crippen molar-refractivity contribution in [1.29, 1.82) is 0 Å². The van der Waals surface area contributed by atoms with E-state index in [1.165, 1.54) is 12.1 Å². The highest BCUT2D eigenvalue weighted by molar-refractivity contribution is 5.94. The van der Waals surface area contributed by atoms with Gasteiger partial charge in [-0.3, -0.25) is 4.79 Å². The van der Waals surface area contributed by atoms with Crippen LogP contribution < -0.4 is 15.4 Å². The van der Waals surface area contributed by atoms with E-state index >= 15 is 0 Å². The molecule has 1 aliphatic rings. The maximum Gasteiger partial charge on any atom is 0.340 e. The Balaban J connectivity index is 1.87. The molecule has 0 aliphatic carbocycles. The SMILES string of the molecule is O=C(NC1CCCNC1)c1ccc(OCC(F)(F)C(F)F)nc1. The molecule has 5 nitrogen and oxygen atoms in total. The van der Waals surface area contributed by atoms with Crippen LogP contribution in [0.5, 0.6) is 5.88 Å². The number of rotatable bonds is 6. The molecule has 2 heterocycles. The van der Waals surface area contributed by atoms with Crippen molar-refractivity contribution in [2.75, 3.05) is 19.7 Å². The first kappa shape index (κ1) is 17.5. The number of amides is 1. The molecule has 1 atom stereocenters. The van der Waals surface area contributed by atoms with E-state index in [9.17, 15) is 22.4 Å². The number of halogens is 4.